The second kappa shape index (κ2) is 6.10. The average molecular weight is 336 g/mol. The maximum absolute atomic E-state index is 12.3. The van der Waals surface area contributed by atoms with Gasteiger partial charge in [0, 0.05) is 30.7 Å². The highest BCUT2D eigenvalue weighted by Crippen LogP contribution is 2.29. The summed E-state index contributed by atoms with van der Waals surface area (Å²) in [6.07, 6.45) is -0.0404. The Hall–Kier alpha value is -0.860. The maximum Gasteiger partial charge on any atom is 0.244 e. The molecule has 2 atom stereocenters. The molecule has 1 heterocycles. The molecule has 118 valence electrons. The van der Waals surface area contributed by atoms with Crippen molar-refractivity contribution in [1.29, 1.82) is 0 Å². The molecular formula is C13H18ClNO5S. The number of hydrogen-bond donors (Lipinski definition) is 2. The fourth-order valence-electron chi connectivity index (χ4n) is 2.16. The highest BCUT2D eigenvalue weighted by atomic mass is 35.5. The minimum absolute atomic E-state index is 0.0235. The largest absolute Gasteiger partial charge is 0.495 e. The van der Waals surface area contributed by atoms with Crippen molar-refractivity contribution < 1.29 is 23.0 Å². The fraction of sp³-hybridized carbons (Fsp3) is 0.538. The van der Waals surface area contributed by atoms with Crippen molar-refractivity contribution in [1.82, 2.24) is 4.72 Å². The number of rotatable bonds is 5. The summed E-state index contributed by atoms with van der Waals surface area (Å²) in [5.41, 5.74) is -1.20. The smallest absolute Gasteiger partial charge is 0.244 e. The summed E-state index contributed by atoms with van der Waals surface area (Å²) >= 11 is 5.82. The molecule has 6 nitrogen and oxygen atoms in total. The number of sulfonamides is 1. The summed E-state index contributed by atoms with van der Waals surface area (Å²) in [6.45, 7) is 2.00. The van der Waals surface area contributed by atoms with Crippen LogP contribution in [0.2, 0.25) is 5.02 Å². The van der Waals surface area contributed by atoms with Crippen LogP contribution in [-0.4, -0.2) is 45.5 Å². The van der Waals surface area contributed by atoms with Crippen molar-refractivity contribution in [2.45, 2.75) is 29.9 Å². The number of halogens is 1. The standard InChI is InChI=1S/C13H18ClNO5S/c1-9-13(16,5-6-20-9)8-15-21(17,18)12-4-3-10(14)7-11(12)19-2/h3-4,7,9,15-16H,5-6,8H2,1-2H3. The second-order valence-electron chi connectivity index (χ2n) is 4.99. The van der Waals surface area contributed by atoms with Crippen LogP contribution < -0.4 is 9.46 Å². The van der Waals surface area contributed by atoms with Crippen molar-refractivity contribution in [3.8, 4) is 5.75 Å². The molecular weight excluding hydrogens is 318 g/mol. The van der Waals surface area contributed by atoms with Gasteiger partial charge in [-0.1, -0.05) is 11.6 Å². The lowest BCUT2D eigenvalue weighted by Crippen LogP contribution is -2.47. The van der Waals surface area contributed by atoms with Gasteiger partial charge < -0.3 is 14.6 Å². The molecule has 0 bridgehead atoms. The number of nitrogens with one attached hydrogen (secondary N) is 1. The van der Waals surface area contributed by atoms with E-state index in [1.165, 1.54) is 25.3 Å². The van der Waals surface area contributed by atoms with Gasteiger partial charge >= 0.3 is 0 Å². The lowest BCUT2D eigenvalue weighted by atomic mass is 9.97. The number of methoxy groups -OCH3 is 1. The summed E-state index contributed by atoms with van der Waals surface area (Å²) in [7, 11) is -2.45. The summed E-state index contributed by atoms with van der Waals surface area (Å²) in [5.74, 6) is 0.151. The average Bonchev–Trinajstić information content (AvgIpc) is 2.77. The molecule has 2 rings (SSSR count). The van der Waals surface area contributed by atoms with E-state index in [9.17, 15) is 13.5 Å². The Labute approximate surface area is 129 Å². The van der Waals surface area contributed by atoms with Crippen LogP contribution in [-0.2, 0) is 14.8 Å². The van der Waals surface area contributed by atoms with Crippen LogP contribution >= 0.6 is 11.6 Å². The number of hydrogen-bond acceptors (Lipinski definition) is 5. The molecule has 8 heteroatoms. The van der Waals surface area contributed by atoms with Crippen LogP contribution in [0.5, 0.6) is 5.75 Å². The van der Waals surface area contributed by atoms with Crippen LogP contribution in [0.1, 0.15) is 13.3 Å². The predicted octanol–water partition coefficient (Wildman–Crippen LogP) is 1.17. The Bertz CT molecular complexity index is 621. The SMILES string of the molecule is COc1cc(Cl)ccc1S(=O)(=O)NCC1(O)CCOC1C. The molecule has 0 saturated carbocycles. The molecule has 1 fully saturated rings. The first-order chi connectivity index (χ1) is 9.78. The third-order valence-corrected chi connectivity index (χ3v) is 5.32. The third kappa shape index (κ3) is 3.49. The first-order valence-corrected chi connectivity index (χ1v) is 8.32. The number of aliphatic hydroxyl groups is 1. The van der Waals surface area contributed by atoms with Gasteiger partial charge in [-0.2, -0.15) is 0 Å². The highest BCUT2D eigenvalue weighted by Gasteiger charge is 2.40. The quantitative estimate of drug-likeness (QED) is 0.843. The van der Waals surface area contributed by atoms with E-state index in [0.717, 1.165) is 0 Å². The minimum Gasteiger partial charge on any atom is -0.495 e. The van der Waals surface area contributed by atoms with E-state index in [0.29, 0.717) is 18.1 Å². The van der Waals surface area contributed by atoms with Gasteiger partial charge in [-0.15, -0.1) is 0 Å². The van der Waals surface area contributed by atoms with E-state index in [2.05, 4.69) is 4.72 Å². The van der Waals surface area contributed by atoms with Crippen molar-refractivity contribution in [3.05, 3.63) is 23.2 Å². The normalized spacial score (nSPS) is 26.0. The highest BCUT2D eigenvalue weighted by molar-refractivity contribution is 7.89. The summed E-state index contributed by atoms with van der Waals surface area (Å²) in [6, 6.07) is 4.25. The molecule has 0 radical (unpaired) electrons. The zero-order valence-electron chi connectivity index (χ0n) is 11.8. The van der Waals surface area contributed by atoms with Gasteiger partial charge in [0.15, 0.2) is 0 Å². The molecule has 0 amide bonds. The van der Waals surface area contributed by atoms with E-state index < -0.39 is 21.7 Å². The van der Waals surface area contributed by atoms with Gasteiger partial charge in [0.2, 0.25) is 10.0 Å². The Morgan fingerprint density at radius 2 is 2.29 bits per heavy atom. The van der Waals surface area contributed by atoms with E-state index in [-0.39, 0.29) is 17.2 Å². The van der Waals surface area contributed by atoms with Gasteiger partial charge in [-0.25, -0.2) is 13.1 Å². The summed E-state index contributed by atoms with van der Waals surface area (Å²) in [4.78, 5) is -0.0235. The molecule has 1 saturated heterocycles. The minimum atomic E-state index is -3.82. The molecule has 1 aromatic rings. The van der Waals surface area contributed by atoms with E-state index in [1.807, 2.05) is 0 Å². The topological polar surface area (TPSA) is 84.9 Å². The molecule has 1 aromatic carbocycles. The van der Waals surface area contributed by atoms with Gasteiger partial charge in [-0.3, -0.25) is 0 Å². The fourth-order valence-corrected chi connectivity index (χ4v) is 3.58. The zero-order chi connectivity index (χ0) is 15.7. The Morgan fingerprint density at radius 1 is 1.57 bits per heavy atom. The van der Waals surface area contributed by atoms with E-state index in [4.69, 9.17) is 21.1 Å². The zero-order valence-corrected chi connectivity index (χ0v) is 13.4. The summed E-state index contributed by atoms with van der Waals surface area (Å²) < 4.78 is 37.4. The van der Waals surface area contributed by atoms with Crippen molar-refractivity contribution in [2.75, 3.05) is 20.3 Å². The molecule has 0 aliphatic carbocycles. The van der Waals surface area contributed by atoms with Crippen molar-refractivity contribution in [2.24, 2.45) is 0 Å². The Kier molecular flexibility index (Phi) is 4.79. The molecule has 2 N–H and O–H groups in total. The van der Waals surface area contributed by atoms with Gasteiger partial charge in [0.1, 0.15) is 16.2 Å². The lowest BCUT2D eigenvalue weighted by Gasteiger charge is -2.26. The van der Waals surface area contributed by atoms with Gasteiger partial charge in [-0.05, 0) is 19.1 Å². The van der Waals surface area contributed by atoms with Gasteiger partial charge in [0.25, 0.3) is 0 Å². The van der Waals surface area contributed by atoms with Crippen LogP contribution in [0.4, 0.5) is 0 Å². The molecule has 0 spiro atoms. The first-order valence-electron chi connectivity index (χ1n) is 6.46. The molecule has 1 aliphatic heterocycles. The summed E-state index contributed by atoms with van der Waals surface area (Å²) in [5, 5.41) is 10.7. The van der Waals surface area contributed by atoms with Gasteiger partial charge in [0.05, 0.1) is 13.2 Å². The molecule has 2 unspecified atom stereocenters. The lowest BCUT2D eigenvalue weighted by molar-refractivity contribution is -0.0228. The molecule has 21 heavy (non-hydrogen) atoms. The molecule has 0 aromatic heterocycles. The second-order valence-corrected chi connectivity index (χ2v) is 7.16. The van der Waals surface area contributed by atoms with E-state index in [1.54, 1.807) is 6.92 Å². The van der Waals surface area contributed by atoms with Crippen molar-refractivity contribution >= 4 is 21.6 Å². The first kappa shape index (κ1) is 16.5. The predicted molar refractivity (Wildman–Crippen MR) is 78.2 cm³/mol. The Morgan fingerprint density at radius 3 is 2.86 bits per heavy atom. The molecule has 1 aliphatic rings. The van der Waals surface area contributed by atoms with Crippen LogP contribution in [0.15, 0.2) is 23.1 Å². The van der Waals surface area contributed by atoms with Crippen LogP contribution in [0.3, 0.4) is 0 Å². The van der Waals surface area contributed by atoms with Crippen molar-refractivity contribution in [3.63, 3.8) is 0 Å². The maximum atomic E-state index is 12.3. The monoisotopic (exact) mass is 335 g/mol. The van der Waals surface area contributed by atoms with E-state index >= 15 is 0 Å². The van der Waals surface area contributed by atoms with Crippen LogP contribution in [0, 0.1) is 0 Å². The number of benzene rings is 1. The van der Waals surface area contributed by atoms with Crippen LogP contribution in [0.25, 0.3) is 0 Å². The third-order valence-electron chi connectivity index (χ3n) is 3.64. The number of ether oxygens (including phenoxy) is 2. The Balaban J connectivity index is 2.19.